The molecule has 0 aromatic heterocycles. The molecule has 0 bridgehead atoms. The van der Waals surface area contributed by atoms with Crippen LogP contribution in [0.15, 0.2) is 0 Å². The standard InChI is InChI=1S/C4H9NO2.Na/c1-3(5-2)4(6)7;/h3,5H,1-2H3,(H,6,7);/q;+1/p-1/t3-;/m0./s1. The number of carbonyl (C=O) groups is 1. The minimum absolute atomic E-state index is 0. The molecule has 1 atom stereocenters. The van der Waals surface area contributed by atoms with Crippen LogP contribution in [0, 0.1) is 0 Å². The average Bonchev–Trinajstić information content (AvgIpc) is 1.65. The Kier molecular flexibility index (Phi) is 7.83. The van der Waals surface area contributed by atoms with Crippen LogP contribution in [0.5, 0.6) is 0 Å². The van der Waals surface area contributed by atoms with Gasteiger partial charge in [-0.3, -0.25) is 0 Å². The van der Waals surface area contributed by atoms with Crippen LogP contribution in [-0.2, 0) is 4.79 Å². The van der Waals surface area contributed by atoms with Crippen molar-refractivity contribution in [3.05, 3.63) is 0 Å². The third-order valence-electron chi connectivity index (χ3n) is 0.787. The van der Waals surface area contributed by atoms with E-state index >= 15 is 0 Å². The number of carbonyl (C=O) groups excluding carboxylic acids is 1. The van der Waals surface area contributed by atoms with E-state index in [9.17, 15) is 9.90 Å². The second-order valence-electron chi connectivity index (χ2n) is 1.33. The van der Waals surface area contributed by atoms with Crippen LogP contribution in [0.1, 0.15) is 6.92 Å². The maximum Gasteiger partial charge on any atom is 1.00 e. The third kappa shape index (κ3) is 4.59. The fourth-order valence-electron chi connectivity index (χ4n) is 0.118. The number of hydrogen-bond donors (Lipinski definition) is 1. The normalized spacial score (nSPS) is 11.8. The molecule has 0 aliphatic heterocycles. The minimum atomic E-state index is -1.07. The summed E-state index contributed by atoms with van der Waals surface area (Å²) >= 11 is 0. The second kappa shape index (κ2) is 5.56. The molecule has 0 heterocycles. The summed E-state index contributed by atoms with van der Waals surface area (Å²) in [5.41, 5.74) is 0. The molecule has 0 unspecified atom stereocenters. The summed E-state index contributed by atoms with van der Waals surface area (Å²) in [5.74, 6) is -1.07. The van der Waals surface area contributed by atoms with Crippen molar-refractivity contribution in [1.29, 1.82) is 0 Å². The zero-order valence-corrected chi connectivity index (χ0v) is 7.39. The first-order chi connectivity index (χ1) is 3.18. The van der Waals surface area contributed by atoms with Gasteiger partial charge in [-0.2, -0.15) is 0 Å². The molecule has 0 rings (SSSR count). The molecule has 8 heavy (non-hydrogen) atoms. The maximum atomic E-state index is 9.76. The molecule has 0 radical (unpaired) electrons. The largest absolute Gasteiger partial charge is 1.00 e. The SMILES string of the molecule is CN[C@@H](C)C(=O)[O-].[Na+]. The Morgan fingerprint density at radius 2 is 2.12 bits per heavy atom. The van der Waals surface area contributed by atoms with E-state index in [1.165, 1.54) is 6.92 Å². The molecule has 42 valence electrons. The van der Waals surface area contributed by atoms with Crippen molar-refractivity contribution in [3.8, 4) is 0 Å². The van der Waals surface area contributed by atoms with Crippen molar-refractivity contribution < 1.29 is 39.5 Å². The van der Waals surface area contributed by atoms with E-state index in [4.69, 9.17) is 0 Å². The molecule has 3 nitrogen and oxygen atoms in total. The number of likely N-dealkylation sites (N-methyl/N-ethyl adjacent to an activating group) is 1. The first-order valence-electron chi connectivity index (χ1n) is 2.06. The molecule has 0 aromatic rings. The van der Waals surface area contributed by atoms with Crippen molar-refractivity contribution in [2.75, 3.05) is 7.05 Å². The fourth-order valence-corrected chi connectivity index (χ4v) is 0.118. The zero-order chi connectivity index (χ0) is 5.86. The summed E-state index contributed by atoms with van der Waals surface area (Å²) in [7, 11) is 1.57. The quantitative estimate of drug-likeness (QED) is 0.377. The number of aliphatic carboxylic acids is 1. The summed E-state index contributed by atoms with van der Waals surface area (Å²) in [6.45, 7) is 1.52. The summed E-state index contributed by atoms with van der Waals surface area (Å²) < 4.78 is 0. The van der Waals surface area contributed by atoms with E-state index in [1.54, 1.807) is 7.05 Å². The van der Waals surface area contributed by atoms with Gasteiger partial charge in [0, 0.05) is 6.04 Å². The Morgan fingerprint density at radius 3 is 2.12 bits per heavy atom. The van der Waals surface area contributed by atoms with Crippen molar-refractivity contribution in [2.24, 2.45) is 0 Å². The van der Waals surface area contributed by atoms with Crippen molar-refractivity contribution in [3.63, 3.8) is 0 Å². The van der Waals surface area contributed by atoms with Crippen LogP contribution < -0.4 is 40.0 Å². The number of carboxylic acids is 1. The first kappa shape index (κ1) is 11.3. The second-order valence-corrected chi connectivity index (χ2v) is 1.33. The number of rotatable bonds is 2. The predicted octanol–water partition coefficient (Wildman–Crippen LogP) is -4.65. The Balaban J connectivity index is 0. The van der Waals surface area contributed by atoms with E-state index < -0.39 is 12.0 Å². The molecular weight excluding hydrogens is 117 g/mol. The van der Waals surface area contributed by atoms with Gasteiger partial charge in [-0.1, -0.05) is 0 Å². The molecule has 0 spiro atoms. The van der Waals surface area contributed by atoms with E-state index in [1.807, 2.05) is 0 Å². The van der Waals surface area contributed by atoms with E-state index in [0.717, 1.165) is 0 Å². The fraction of sp³-hybridized carbons (Fsp3) is 0.750. The van der Waals surface area contributed by atoms with E-state index in [0.29, 0.717) is 0 Å². The molecule has 0 aromatic carbocycles. The van der Waals surface area contributed by atoms with Gasteiger partial charge >= 0.3 is 29.6 Å². The molecule has 0 aliphatic carbocycles. The Bertz CT molecular complexity index is 76.4. The van der Waals surface area contributed by atoms with Gasteiger partial charge in [-0.15, -0.1) is 0 Å². The Hall–Kier alpha value is 0.430. The van der Waals surface area contributed by atoms with Gasteiger partial charge in [0.15, 0.2) is 0 Å². The van der Waals surface area contributed by atoms with Gasteiger partial charge in [0.2, 0.25) is 0 Å². The van der Waals surface area contributed by atoms with Crippen LogP contribution in [0.25, 0.3) is 0 Å². The number of hydrogen-bond acceptors (Lipinski definition) is 3. The number of nitrogens with one attached hydrogen (secondary N) is 1. The predicted molar refractivity (Wildman–Crippen MR) is 23.5 cm³/mol. The van der Waals surface area contributed by atoms with Gasteiger partial charge in [-0.25, -0.2) is 0 Å². The van der Waals surface area contributed by atoms with Crippen LogP contribution in [0.2, 0.25) is 0 Å². The molecule has 0 saturated carbocycles. The Morgan fingerprint density at radius 1 is 1.75 bits per heavy atom. The average molecular weight is 125 g/mol. The zero-order valence-electron chi connectivity index (χ0n) is 5.39. The summed E-state index contributed by atoms with van der Waals surface area (Å²) in [6, 6.07) is -0.542. The molecule has 0 saturated heterocycles. The number of carboxylic acid groups (broad SMARTS) is 1. The van der Waals surface area contributed by atoms with Gasteiger partial charge in [-0.05, 0) is 14.0 Å². The van der Waals surface area contributed by atoms with Crippen molar-refractivity contribution >= 4 is 5.97 Å². The molecule has 0 fully saturated rings. The minimum Gasteiger partial charge on any atom is -0.548 e. The van der Waals surface area contributed by atoms with Gasteiger partial charge in [0.1, 0.15) is 0 Å². The van der Waals surface area contributed by atoms with Crippen LogP contribution in [0.4, 0.5) is 0 Å². The monoisotopic (exact) mass is 125 g/mol. The molecule has 0 aliphatic rings. The van der Waals surface area contributed by atoms with Crippen LogP contribution in [-0.4, -0.2) is 19.1 Å². The topological polar surface area (TPSA) is 52.2 Å². The molecule has 1 N–H and O–H groups in total. The van der Waals surface area contributed by atoms with Gasteiger partial charge in [0.05, 0.1) is 5.97 Å². The maximum absolute atomic E-state index is 9.76. The third-order valence-corrected chi connectivity index (χ3v) is 0.787. The molecule has 0 amide bonds. The Labute approximate surface area is 70.8 Å². The van der Waals surface area contributed by atoms with Crippen molar-refractivity contribution in [1.82, 2.24) is 5.32 Å². The van der Waals surface area contributed by atoms with Gasteiger partial charge < -0.3 is 15.2 Å². The molecule has 4 heteroatoms. The summed E-state index contributed by atoms with van der Waals surface area (Å²) in [4.78, 5) is 9.76. The van der Waals surface area contributed by atoms with Crippen LogP contribution in [0.3, 0.4) is 0 Å². The van der Waals surface area contributed by atoms with E-state index in [-0.39, 0.29) is 29.6 Å². The first-order valence-corrected chi connectivity index (χ1v) is 2.06. The van der Waals surface area contributed by atoms with Crippen LogP contribution >= 0.6 is 0 Å². The summed E-state index contributed by atoms with van der Waals surface area (Å²) in [5, 5.41) is 12.3. The summed E-state index contributed by atoms with van der Waals surface area (Å²) in [6.07, 6.45) is 0. The van der Waals surface area contributed by atoms with E-state index in [2.05, 4.69) is 5.32 Å². The molecular formula is C4H8NNaO2. The van der Waals surface area contributed by atoms with Gasteiger partial charge in [0.25, 0.3) is 0 Å². The van der Waals surface area contributed by atoms with Crippen molar-refractivity contribution in [2.45, 2.75) is 13.0 Å². The smallest absolute Gasteiger partial charge is 0.548 e.